The SMILES string of the molecule is CCC(=S)O[C@]1(C(=S)CO)CC[C@H]2[C@@H]3CCC4=CC(=O)CC[C@]4(C)[C@H]3CC[C@@]21C. The van der Waals surface area contributed by atoms with Gasteiger partial charge in [0.05, 0.1) is 11.5 Å². The van der Waals surface area contributed by atoms with Crippen molar-refractivity contribution in [1.29, 1.82) is 0 Å². The fraction of sp³-hybridized carbons (Fsp3) is 0.792. The summed E-state index contributed by atoms with van der Waals surface area (Å²) in [4.78, 5) is 12.7. The molecule has 0 heterocycles. The quantitative estimate of drug-likeness (QED) is 0.603. The molecule has 0 aromatic carbocycles. The minimum atomic E-state index is -0.612. The average Bonchev–Trinajstić information content (AvgIpc) is 3.01. The second-order valence-corrected chi connectivity index (χ2v) is 11.1. The first kappa shape index (κ1) is 21.6. The molecule has 4 rings (SSSR count). The molecule has 0 amide bonds. The Morgan fingerprint density at radius 3 is 2.55 bits per heavy atom. The number of hydrogen-bond donors (Lipinski definition) is 1. The highest BCUT2D eigenvalue weighted by Gasteiger charge is 2.67. The van der Waals surface area contributed by atoms with Crippen LogP contribution in [0, 0.1) is 28.6 Å². The van der Waals surface area contributed by atoms with Gasteiger partial charge in [0.25, 0.3) is 0 Å². The van der Waals surface area contributed by atoms with Gasteiger partial charge in [0.15, 0.2) is 10.8 Å². The topological polar surface area (TPSA) is 46.5 Å². The zero-order chi connectivity index (χ0) is 21.0. The summed E-state index contributed by atoms with van der Waals surface area (Å²) in [5.74, 6) is 2.10. The lowest BCUT2D eigenvalue weighted by Gasteiger charge is -2.59. The predicted molar refractivity (Wildman–Crippen MR) is 123 cm³/mol. The van der Waals surface area contributed by atoms with Crippen LogP contribution in [0.1, 0.15) is 78.6 Å². The second-order valence-electron chi connectivity index (χ2n) is 10.2. The Bertz CT molecular complexity index is 774. The van der Waals surface area contributed by atoms with E-state index in [1.54, 1.807) is 0 Å². The molecule has 0 aliphatic heterocycles. The van der Waals surface area contributed by atoms with Gasteiger partial charge in [-0.15, -0.1) is 0 Å². The maximum Gasteiger partial charge on any atom is 0.160 e. The van der Waals surface area contributed by atoms with Crippen molar-refractivity contribution in [3.8, 4) is 0 Å². The van der Waals surface area contributed by atoms with Gasteiger partial charge in [-0.1, -0.05) is 38.6 Å². The van der Waals surface area contributed by atoms with Crippen LogP contribution in [0.3, 0.4) is 0 Å². The largest absolute Gasteiger partial charge is 0.475 e. The summed E-state index contributed by atoms with van der Waals surface area (Å²) < 4.78 is 6.47. The van der Waals surface area contributed by atoms with Gasteiger partial charge in [0, 0.05) is 18.3 Å². The molecule has 4 aliphatic carbocycles. The molecule has 0 bridgehead atoms. The number of ketones is 1. The van der Waals surface area contributed by atoms with E-state index in [4.69, 9.17) is 29.2 Å². The van der Waals surface area contributed by atoms with Crippen LogP contribution in [0.15, 0.2) is 11.6 Å². The summed E-state index contributed by atoms with van der Waals surface area (Å²) in [5.41, 5.74) is 0.868. The first-order chi connectivity index (χ1) is 13.7. The Labute approximate surface area is 185 Å². The summed E-state index contributed by atoms with van der Waals surface area (Å²) >= 11 is 11.2. The summed E-state index contributed by atoms with van der Waals surface area (Å²) in [6.07, 6.45) is 10.7. The maximum absolute atomic E-state index is 12.0. The number of ether oxygens (including phenoxy) is 1. The van der Waals surface area contributed by atoms with E-state index in [0.29, 0.717) is 46.3 Å². The van der Waals surface area contributed by atoms with Crippen LogP contribution in [-0.4, -0.2) is 33.0 Å². The number of allylic oxidation sites excluding steroid dienone is 1. The van der Waals surface area contributed by atoms with E-state index in [1.807, 2.05) is 13.0 Å². The molecule has 0 radical (unpaired) electrons. The lowest BCUT2D eigenvalue weighted by molar-refractivity contribution is -0.118. The molecule has 1 N–H and O–H groups in total. The van der Waals surface area contributed by atoms with Crippen LogP contribution in [-0.2, 0) is 9.53 Å². The molecule has 160 valence electrons. The number of thiocarbonyl (C=S) groups is 2. The highest BCUT2D eigenvalue weighted by Crippen LogP contribution is 2.68. The van der Waals surface area contributed by atoms with Crippen molar-refractivity contribution >= 4 is 40.1 Å². The summed E-state index contributed by atoms with van der Waals surface area (Å²) in [6, 6.07) is 0. The van der Waals surface area contributed by atoms with Crippen LogP contribution >= 0.6 is 24.4 Å². The molecule has 3 fully saturated rings. The predicted octanol–water partition coefficient (Wildman–Crippen LogP) is 5.37. The minimum absolute atomic E-state index is 0.0880. The maximum atomic E-state index is 12.0. The van der Waals surface area contributed by atoms with E-state index >= 15 is 0 Å². The van der Waals surface area contributed by atoms with E-state index < -0.39 is 5.60 Å². The fourth-order valence-corrected chi connectivity index (χ4v) is 8.15. The summed E-state index contributed by atoms with van der Waals surface area (Å²) in [6.45, 7) is 6.65. The Morgan fingerprint density at radius 2 is 1.86 bits per heavy atom. The highest BCUT2D eigenvalue weighted by molar-refractivity contribution is 7.80. The van der Waals surface area contributed by atoms with Gasteiger partial charge in [-0.05, 0) is 86.4 Å². The first-order valence-corrected chi connectivity index (χ1v) is 12.1. The van der Waals surface area contributed by atoms with Crippen LogP contribution in [0.5, 0.6) is 0 Å². The molecule has 0 aromatic rings. The van der Waals surface area contributed by atoms with Gasteiger partial charge in [-0.25, -0.2) is 0 Å². The normalized spacial score (nSPS) is 43.7. The fourth-order valence-electron chi connectivity index (χ4n) is 7.63. The van der Waals surface area contributed by atoms with Crippen molar-refractivity contribution in [2.75, 3.05) is 6.61 Å². The number of carbonyl (C=O) groups is 1. The van der Waals surface area contributed by atoms with Crippen LogP contribution in [0.2, 0.25) is 0 Å². The first-order valence-electron chi connectivity index (χ1n) is 11.3. The van der Waals surface area contributed by atoms with Gasteiger partial charge < -0.3 is 9.84 Å². The zero-order valence-corrected chi connectivity index (χ0v) is 19.6. The van der Waals surface area contributed by atoms with Crippen molar-refractivity contribution in [2.24, 2.45) is 28.6 Å². The van der Waals surface area contributed by atoms with Crippen molar-refractivity contribution in [3.63, 3.8) is 0 Å². The lowest BCUT2D eigenvalue weighted by atomic mass is 9.46. The van der Waals surface area contributed by atoms with Gasteiger partial charge >= 0.3 is 0 Å². The third kappa shape index (κ3) is 3.02. The molecule has 29 heavy (non-hydrogen) atoms. The molecule has 5 heteroatoms. The highest BCUT2D eigenvalue weighted by atomic mass is 32.1. The molecule has 0 aromatic heterocycles. The van der Waals surface area contributed by atoms with Crippen molar-refractivity contribution in [1.82, 2.24) is 0 Å². The number of aliphatic hydroxyl groups excluding tert-OH is 1. The zero-order valence-electron chi connectivity index (χ0n) is 18.0. The van der Waals surface area contributed by atoms with Gasteiger partial charge in [-0.3, -0.25) is 4.79 Å². The molecule has 0 spiro atoms. The Kier molecular flexibility index (Phi) is 5.57. The number of carbonyl (C=O) groups excluding carboxylic acids is 1. The van der Waals surface area contributed by atoms with Crippen LogP contribution in [0.25, 0.3) is 0 Å². The Morgan fingerprint density at radius 1 is 1.14 bits per heavy atom. The number of rotatable bonds is 4. The van der Waals surface area contributed by atoms with Crippen molar-refractivity contribution < 1.29 is 14.6 Å². The van der Waals surface area contributed by atoms with E-state index in [1.165, 1.54) is 5.57 Å². The molecule has 6 atom stereocenters. The van der Waals surface area contributed by atoms with E-state index in [-0.39, 0.29) is 17.4 Å². The van der Waals surface area contributed by atoms with E-state index in [9.17, 15) is 9.90 Å². The van der Waals surface area contributed by atoms with E-state index in [0.717, 1.165) is 44.9 Å². The smallest absolute Gasteiger partial charge is 0.160 e. The van der Waals surface area contributed by atoms with Gasteiger partial charge in [-0.2, -0.15) is 0 Å². The third-order valence-electron chi connectivity index (χ3n) is 9.25. The molecule has 0 unspecified atom stereocenters. The van der Waals surface area contributed by atoms with Crippen LogP contribution in [0.4, 0.5) is 0 Å². The number of hydrogen-bond acceptors (Lipinski definition) is 5. The van der Waals surface area contributed by atoms with E-state index in [2.05, 4.69) is 13.8 Å². The molecule has 3 saturated carbocycles. The summed E-state index contributed by atoms with van der Waals surface area (Å²) in [7, 11) is 0. The lowest BCUT2D eigenvalue weighted by Crippen LogP contribution is -2.59. The minimum Gasteiger partial charge on any atom is -0.475 e. The average molecular weight is 435 g/mol. The third-order valence-corrected chi connectivity index (χ3v) is 10.1. The molecular weight excluding hydrogens is 400 g/mol. The van der Waals surface area contributed by atoms with Crippen molar-refractivity contribution in [3.05, 3.63) is 11.6 Å². The summed E-state index contributed by atoms with van der Waals surface area (Å²) in [5, 5.41) is 10.6. The molecule has 4 aliphatic rings. The standard InChI is InChI=1S/C24H34O3S2/c1-4-21(29)27-24(20(28)14-25)12-9-19-17-6-5-15-13-16(26)7-10-22(15,2)18(17)8-11-23(19,24)3/h13,17-19,25H,4-12,14H2,1-3H3/t17-,18+,19+,22+,23+,24+/m1/s1. The molecule has 0 saturated heterocycles. The van der Waals surface area contributed by atoms with Gasteiger partial charge in [0.2, 0.25) is 0 Å². The number of aliphatic hydroxyl groups is 1. The Balaban J connectivity index is 1.69. The monoisotopic (exact) mass is 434 g/mol. The molecule has 3 nitrogen and oxygen atoms in total. The number of fused-ring (bicyclic) bond motifs is 5. The van der Waals surface area contributed by atoms with Crippen LogP contribution < -0.4 is 0 Å². The van der Waals surface area contributed by atoms with Gasteiger partial charge in [0.1, 0.15) is 5.60 Å². The Hall–Kier alpha value is -0.650. The second kappa shape index (κ2) is 7.49. The molecular formula is C24H34O3S2. The van der Waals surface area contributed by atoms with Crippen molar-refractivity contribution in [2.45, 2.75) is 84.2 Å².